The number of ether oxygens (including phenoxy) is 1. The van der Waals surface area contributed by atoms with E-state index < -0.39 is 0 Å². The number of hydrogen-bond acceptors (Lipinski definition) is 5. The van der Waals surface area contributed by atoms with Crippen molar-refractivity contribution in [2.24, 2.45) is 5.73 Å². The average molecular weight is 206 g/mol. The Morgan fingerprint density at radius 3 is 2.69 bits per heavy atom. The van der Waals surface area contributed by atoms with Gasteiger partial charge in [0.15, 0.2) is 0 Å². The summed E-state index contributed by atoms with van der Waals surface area (Å²) in [5, 5.41) is 0.102. The maximum absolute atomic E-state index is 11.0. The van der Waals surface area contributed by atoms with Gasteiger partial charge in [0.1, 0.15) is 6.61 Å². The fraction of sp³-hybridized carbons (Fsp3) is 0.875. The Hall–Kier alpha value is -0.260. The molecule has 0 spiro atoms. The number of thiol groups is 1. The van der Waals surface area contributed by atoms with Crippen LogP contribution in [0.2, 0.25) is 0 Å². The van der Waals surface area contributed by atoms with Crippen LogP contribution >= 0.6 is 12.6 Å². The predicted octanol–water partition coefficient (Wildman–Crippen LogP) is 0.0860. The maximum Gasteiger partial charge on any atom is 0.305 e. The smallest absolute Gasteiger partial charge is 0.305 e. The number of carbonyl (C=O) groups excluding carboxylic acids is 1. The molecule has 4 nitrogen and oxygen atoms in total. The Morgan fingerprint density at radius 1 is 1.62 bits per heavy atom. The second kappa shape index (κ2) is 7.17. The van der Waals surface area contributed by atoms with E-state index in [1.165, 1.54) is 0 Å². The van der Waals surface area contributed by atoms with Gasteiger partial charge in [0.25, 0.3) is 0 Å². The summed E-state index contributed by atoms with van der Waals surface area (Å²) in [6.07, 6.45) is 1.09. The Kier molecular flexibility index (Phi) is 7.03. The summed E-state index contributed by atoms with van der Waals surface area (Å²) in [5.41, 5.74) is 5.18. The Morgan fingerprint density at radius 2 is 2.23 bits per heavy atom. The van der Waals surface area contributed by atoms with E-state index in [0.717, 1.165) is 0 Å². The molecule has 1 atom stereocenters. The number of carbonyl (C=O) groups is 1. The highest BCUT2D eigenvalue weighted by molar-refractivity contribution is 7.80. The lowest BCUT2D eigenvalue weighted by molar-refractivity contribution is -0.143. The van der Waals surface area contributed by atoms with Crippen LogP contribution in [0.25, 0.3) is 0 Å². The quantitative estimate of drug-likeness (QED) is 0.367. The number of esters is 1. The fourth-order valence-corrected chi connectivity index (χ4v) is 0.879. The average Bonchev–Trinajstić information content (AvgIpc) is 2.10. The van der Waals surface area contributed by atoms with E-state index in [4.69, 9.17) is 10.5 Å². The first kappa shape index (κ1) is 12.7. The molecule has 0 saturated heterocycles. The molecule has 13 heavy (non-hydrogen) atoms. The summed E-state index contributed by atoms with van der Waals surface area (Å²) in [7, 11) is 3.84. The summed E-state index contributed by atoms with van der Waals surface area (Å²) in [6, 6.07) is 0. The fourth-order valence-electron chi connectivity index (χ4n) is 0.750. The summed E-state index contributed by atoms with van der Waals surface area (Å²) in [5.74, 6) is -0.202. The standard InChI is InChI=1S/C8H18N2O2S/c1-10(2)7(13)3-4-8(11)12-6-5-9/h7,13H,3-6,9H2,1-2H3. The van der Waals surface area contributed by atoms with E-state index in [9.17, 15) is 4.79 Å². The van der Waals surface area contributed by atoms with Crippen LogP contribution in [0, 0.1) is 0 Å². The molecule has 0 heterocycles. The van der Waals surface area contributed by atoms with Crippen molar-refractivity contribution >= 4 is 18.6 Å². The summed E-state index contributed by atoms with van der Waals surface area (Å²) < 4.78 is 4.80. The van der Waals surface area contributed by atoms with Crippen molar-refractivity contribution in [3.8, 4) is 0 Å². The van der Waals surface area contributed by atoms with Gasteiger partial charge in [-0.2, -0.15) is 12.6 Å². The van der Waals surface area contributed by atoms with Crippen molar-refractivity contribution in [2.75, 3.05) is 27.2 Å². The molecule has 2 N–H and O–H groups in total. The minimum atomic E-state index is -0.202. The molecular weight excluding hydrogens is 188 g/mol. The molecule has 0 aromatic heterocycles. The van der Waals surface area contributed by atoms with Gasteiger partial charge in [0, 0.05) is 13.0 Å². The lowest BCUT2D eigenvalue weighted by atomic mass is 10.3. The van der Waals surface area contributed by atoms with Crippen LogP contribution < -0.4 is 5.73 Å². The van der Waals surface area contributed by atoms with Crippen molar-refractivity contribution in [1.82, 2.24) is 4.90 Å². The van der Waals surface area contributed by atoms with E-state index in [2.05, 4.69) is 12.6 Å². The van der Waals surface area contributed by atoms with Crippen LogP contribution in [0.1, 0.15) is 12.8 Å². The highest BCUT2D eigenvalue weighted by atomic mass is 32.1. The first-order chi connectivity index (χ1) is 6.07. The molecule has 0 aromatic rings. The summed E-state index contributed by atoms with van der Waals surface area (Å²) >= 11 is 4.28. The van der Waals surface area contributed by atoms with E-state index in [1.54, 1.807) is 0 Å². The summed E-state index contributed by atoms with van der Waals surface area (Å²) in [4.78, 5) is 12.9. The first-order valence-electron chi connectivity index (χ1n) is 4.28. The van der Waals surface area contributed by atoms with E-state index >= 15 is 0 Å². The third kappa shape index (κ3) is 6.86. The highest BCUT2D eigenvalue weighted by Crippen LogP contribution is 2.07. The van der Waals surface area contributed by atoms with Crippen LogP contribution in [0.5, 0.6) is 0 Å². The van der Waals surface area contributed by atoms with Gasteiger partial charge in [-0.1, -0.05) is 0 Å². The molecule has 0 rings (SSSR count). The van der Waals surface area contributed by atoms with Gasteiger partial charge in [0.2, 0.25) is 0 Å². The van der Waals surface area contributed by atoms with Crippen LogP contribution in [0.15, 0.2) is 0 Å². The van der Waals surface area contributed by atoms with Crippen LogP contribution in [0.3, 0.4) is 0 Å². The molecule has 0 aliphatic rings. The summed E-state index contributed by atoms with van der Waals surface area (Å²) in [6.45, 7) is 0.682. The third-order valence-electron chi connectivity index (χ3n) is 1.58. The normalized spacial score (nSPS) is 13.0. The molecule has 0 bridgehead atoms. The van der Waals surface area contributed by atoms with E-state index in [-0.39, 0.29) is 11.3 Å². The first-order valence-corrected chi connectivity index (χ1v) is 4.79. The van der Waals surface area contributed by atoms with Crippen molar-refractivity contribution in [2.45, 2.75) is 18.2 Å². The predicted molar refractivity (Wildman–Crippen MR) is 55.7 cm³/mol. The Balaban J connectivity index is 3.46. The van der Waals surface area contributed by atoms with Crippen LogP contribution in [0.4, 0.5) is 0 Å². The largest absolute Gasteiger partial charge is 0.464 e. The van der Waals surface area contributed by atoms with Crippen molar-refractivity contribution in [3.05, 3.63) is 0 Å². The molecule has 78 valence electrons. The van der Waals surface area contributed by atoms with E-state index in [0.29, 0.717) is 26.0 Å². The van der Waals surface area contributed by atoms with Gasteiger partial charge in [-0.25, -0.2) is 0 Å². The van der Waals surface area contributed by atoms with Gasteiger partial charge in [-0.3, -0.25) is 9.69 Å². The second-order valence-corrected chi connectivity index (χ2v) is 3.59. The van der Waals surface area contributed by atoms with E-state index in [1.807, 2.05) is 19.0 Å². The van der Waals surface area contributed by atoms with Crippen molar-refractivity contribution in [1.29, 1.82) is 0 Å². The Labute approximate surface area is 84.8 Å². The van der Waals surface area contributed by atoms with Gasteiger partial charge in [-0.05, 0) is 20.5 Å². The minimum absolute atomic E-state index is 0.102. The van der Waals surface area contributed by atoms with Gasteiger partial charge < -0.3 is 10.5 Å². The SMILES string of the molecule is CN(C)C(S)CCC(=O)OCCN. The molecule has 0 aliphatic carbocycles. The monoisotopic (exact) mass is 206 g/mol. The number of hydrogen-bond donors (Lipinski definition) is 2. The third-order valence-corrected chi connectivity index (χ3v) is 2.30. The molecule has 0 fully saturated rings. The topological polar surface area (TPSA) is 55.6 Å². The Bertz CT molecular complexity index is 153. The molecule has 1 unspecified atom stereocenters. The van der Waals surface area contributed by atoms with Gasteiger partial charge in [-0.15, -0.1) is 0 Å². The second-order valence-electron chi connectivity index (χ2n) is 2.99. The van der Waals surface area contributed by atoms with Crippen LogP contribution in [-0.4, -0.2) is 43.5 Å². The minimum Gasteiger partial charge on any atom is -0.464 e. The zero-order valence-electron chi connectivity index (χ0n) is 8.19. The zero-order valence-corrected chi connectivity index (χ0v) is 9.09. The number of rotatable bonds is 6. The molecule has 0 aliphatic heterocycles. The molecule has 0 radical (unpaired) electrons. The molecule has 0 amide bonds. The lowest BCUT2D eigenvalue weighted by Gasteiger charge is -2.17. The zero-order chi connectivity index (χ0) is 10.3. The molecule has 0 saturated carbocycles. The molecule has 5 heteroatoms. The molecule has 0 aromatic carbocycles. The van der Waals surface area contributed by atoms with Gasteiger partial charge in [0.05, 0.1) is 5.37 Å². The molecular formula is C8H18N2O2S. The number of nitrogens with two attached hydrogens (primary N) is 1. The number of nitrogens with zero attached hydrogens (tertiary/aromatic N) is 1. The van der Waals surface area contributed by atoms with Gasteiger partial charge >= 0.3 is 5.97 Å². The van der Waals surface area contributed by atoms with Crippen molar-refractivity contribution in [3.63, 3.8) is 0 Å². The highest BCUT2D eigenvalue weighted by Gasteiger charge is 2.09. The maximum atomic E-state index is 11.0. The lowest BCUT2D eigenvalue weighted by Crippen LogP contribution is -2.23. The van der Waals surface area contributed by atoms with Crippen LogP contribution in [-0.2, 0) is 9.53 Å². The van der Waals surface area contributed by atoms with Crippen molar-refractivity contribution < 1.29 is 9.53 Å².